The molecule has 7 heteroatoms. The van der Waals surface area contributed by atoms with Gasteiger partial charge in [-0.25, -0.2) is 8.78 Å². The molecule has 0 bridgehead atoms. The van der Waals surface area contributed by atoms with Crippen molar-refractivity contribution < 1.29 is 18.4 Å². The number of hydrogen-bond acceptors (Lipinski definition) is 3. The van der Waals surface area contributed by atoms with Crippen LogP contribution in [0.4, 0.5) is 8.78 Å². The van der Waals surface area contributed by atoms with Gasteiger partial charge in [-0.1, -0.05) is 0 Å². The Balaban J connectivity index is 1.99. The highest BCUT2D eigenvalue weighted by atomic mass is 32.2. The topological polar surface area (TPSA) is 40.6 Å². The molecule has 1 atom stereocenters. The molecule has 0 saturated carbocycles. The van der Waals surface area contributed by atoms with Crippen LogP contribution >= 0.6 is 11.8 Å². The first-order valence-electron chi connectivity index (χ1n) is 7.00. The van der Waals surface area contributed by atoms with Crippen LogP contribution in [-0.4, -0.2) is 59.3 Å². The minimum atomic E-state index is -0.862. The first kappa shape index (κ1) is 16.7. The Morgan fingerprint density at radius 3 is 2.27 bits per heavy atom. The van der Waals surface area contributed by atoms with E-state index in [1.54, 1.807) is 4.90 Å². The van der Waals surface area contributed by atoms with Crippen molar-refractivity contribution in [2.45, 2.75) is 12.2 Å². The second-order valence-corrected chi connectivity index (χ2v) is 6.30. The van der Waals surface area contributed by atoms with E-state index in [-0.39, 0.29) is 16.7 Å². The Morgan fingerprint density at radius 1 is 1.14 bits per heavy atom. The van der Waals surface area contributed by atoms with E-state index >= 15 is 0 Å². The van der Waals surface area contributed by atoms with Crippen LogP contribution in [-0.2, 0) is 4.79 Å². The van der Waals surface area contributed by atoms with Crippen LogP contribution in [0.15, 0.2) is 18.2 Å². The first-order chi connectivity index (χ1) is 10.4. The highest BCUT2D eigenvalue weighted by molar-refractivity contribution is 7.99. The summed E-state index contributed by atoms with van der Waals surface area (Å²) in [5, 5.41) is -0.114. The fourth-order valence-electron chi connectivity index (χ4n) is 2.32. The molecule has 1 unspecified atom stereocenters. The predicted molar refractivity (Wildman–Crippen MR) is 81.8 cm³/mol. The van der Waals surface area contributed by atoms with Gasteiger partial charge in [-0.2, -0.15) is 11.8 Å². The van der Waals surface area contributed by atoms with Gasteiger partial charge in [-0.3, -0.25) is 9.59 Å². The third-order valence-electron chi connectivity index (χ3n) is 3.74. The Bertz CT molecular complexity index is 575. The first-order valence-corrected chi connectivity index (χ1v) is 8.28. The molecule has 22 heavy (non-hydrogen) atoms. The van der Waals surface area contributed by atoms with Gasteiger partial charge in [0.2, 0.25) is 5.91 Å². The average molecular weight is 328 g/mol. The van der Waals surface area contributed by atoms with Gasteiger partial charge in [0, 0.05) is 32.2 Å². The second-order valence-electron chi connectivity index (χ2n) is 5.12. The van der Waals surface area contributed by atoms with Crippen LogP contribution in [0.25, 0.3) is 0 Å². The summed E-state index contributed by atoms with van der Waals surface area (Å²) in [5.41, 5.74) is -0.140. The molecule has 1 saturated heterocycles. The van der Waals surface area contributed by atoms with Crippen molar-refractivity contribution in [3.63, 3.8) is 0 Å². The number of piperazine rings is 1. The van der Waals surface area contributed by atoms with E-state index in [0.717, 1.165) is 12.1 Å². The van der Waals surface area contributed by atoms with Crippen LogP contribution in [0.3, 0.4) is 0 Å². The molecule has 0 radical (unpaired) electrons. The smallest absolute Gasteiger partial charge is 0.256 e. The molecule has 0 aromatic heterocycles. The molecule has 2 rings (SSSR count). The molecule has 0 aliphatic carbocycles. The molecule has 0 N–H and O–H groups in total. The lowest BCUT2D eigenvalue weighted by molar-refractivity contribution is -0.131. The van der Waals surface area contributed by atoms with Gasteiger partial charge < -0.3 is 9.80 Å². The lowest BCUT2D eigenvalue weighted by Crippen LogP contribution is -2.52. The van der Waals surface area contributed by atoms with E-state index < -0.39 is 17.5 Å². The van der Waals surface area contributed by atoms with E-state index in [1.807, 2.05) is 13.2 Å². The lowest BCUT2D eigenvalue weighted by atomic mass is 10.1. The summed E-state index contributed by atoms with van der Waals surface area (Å²) in [7, 11) is 0. The maximum absolute atomic E-state index is 13.7. The fraction of sp³-hybridized carbons (Fsp3) is 0.467. The van der Waals surface area contributed by atoms with Crippen LogP contribution in [0, 0.1) is 11.6 Å². The van der Waals surface area contributed by atoms with Gasteiger partial charge in [-0.05, 0) is 25.3 Å². The monoisotopic (exact) mass is 328 g/mol. The number of halogens is 2. The Labute approximate surface area is 132 Å². The number of carbonyl (C=O) groups is 2. The summed E-state index contributed by atoms with van der Waals surface area (Å²) in [6, 6.07) is 2.92. The maximum Gasteiger partial charge on any atom is 0.256 e. The van der Waals surface area contributed by atoms with Gasteiger partial charge in [-0.15, -0.1) is 0 Å². The van der Waals surface area contributed by atoms with Crippen molar-refractivity contribution in [2.24, 2.45) is 0 Å². The lowest BCUT2D eigenvalue weighted by Gasteiger charge is -2.35. The summed E-state index contributed by atoms with van der Waals surface area (Å²) < 4.78 is 26.5. The highest BCUT2D eigenvalue weighted by Gasteiger charge is 2.28. The number of carbonyl (C=O) groups excluding carboxylic acids is 2. The number of benzene rings is 1. The number of amides is 2. The van der Waals surface area contributed by atoms with E-state index in [9.17, 15) is 18.4 Å². The number of rotatable bonds is 3. The molecule has 2 amide bonds. The number of hydrogen-bond donors (Lipinski definition) is 0. The Hall–Kier alpha value is -1.63. The summed E-state index contributed by atoms with van der Waals surface area (Å²) in [6.07, 6.45) is 1.87. The van der Waals surface area contributed by atoms with Crippen molar-refractivity contribution in [3.05, 3.63) is 35.4 Å². The van der Waals surface area contributed by atoms with Crippen molar-refractivity contribution in [3.8, 4) is 0 Å². The van der Waals surface area contributed by atoms with Crippen molar-refractivity contribution >= 4 is 23.6 Å². The van der Waals surface area contributed by atoms with Gasteiger partial charge in [0.1, 0.15) is 11.6 Å². The summed E-state index contributed by atoms with van der Waals surface area (Å²) in [5.74, 6) is -2.00. The quantitative estimate of drug-likeness (QED) is 0.852. The Morgan fingerprint density at radius 2 is 1.73 bits per heavy atom. The van der Waals surface area contributed by atoms with Crippen LogP contribution in [0.5, 0.6) is 0 Å². The van der Waals surface area contributed by atoms with Gasteiger partial charge in [0.15, 0.2) is 0 Å². The predicted octanol–water partition coefficient (Wildman–Crippen LogP) is 2.00. The van der Waals surface area contributed by atoms with E-state index in [1.165, 1.54) is 16.7 Å². The molecule has 1 aromatic rings. The van der Waals surface area contributed by atoms with Crippen molar-refractivity contribution in [1.29, 1.82) is 0 Å². The third kappa shape index (κ3) is 3.58. The summed E-state index contributed by atoms with van der Waals surface area (Å²) in [6.45, 7) is 3.40. The molecular formula is C15H18F2N2O2S. The Kier molecular flexibility index (Phi) is 5.39. The highest BCUT2D eigenvalue weighted by Crippen LogP contribution is 2.16. The molecule has 1 fully saturated rings. The molecule has 1 aromatic carbocycles. The summed E-state index contributed by atoms with van der Waals surface area (Å²) in [4.78, 5) is 27.5. The zero-order valence-electron chi connectivity index (χ0n) is 12.5. The van der Waals surface area contributed by atoms with Gasteiger partial charge in [0.25, 0.3) is 5.91 Å². The minimum absolute atomic E-state index is 0.0487. The average Bonchev–Trinajstić information content (AvgIpc) is 2.53. The van der Waals surface area contributed by atoms with E-state index in [2.05, 4.69) is 0 Å². The minimum Gasteiger partial charge on any atom is -0.338 e. The van der Waals surface area contributed by atoms with Crippen LogP contribution in [0.1, 0.15) is 17.3 Å². The molecule has 1 aliphatic rings. The second kappa shape index (κ2) is 7.09. The zero-order valence-corrected chi connectivity index (χ0v) is 13.3. The molecule has 1 heterocycles. The third-order valence-corrected chi connectivity index (χ3v) is 4.65. The van der Waals surface area contributed by atoms with Crippen molar-refractivity contribution in [1.82, 2.24) is 9.80 Å². The number of thioether (sulfide) groups is 1. The largest absolute Gasteiger partial charge is 0.338 e. The van der Waals surface area contributed by atoms with Crippen molar-refractivity contribution in [2.75, 3.05) is 32.4 Å². The van der Waals surface area contributed by atoms with Gasteiger partial charge >= 0.3 is 0 Å². The van der Waals surface area contributed by atoms with Crippen LogP contribution < -0.4 is 0 Å². The standard InChI is InChI=1S/C15H18F2N2O2S/c1-10(22-2)14(20)18-5-7-19(8-6-18)15(21)12-4-3-11(16)9-13(12)17/h3-4,9-10H,5-8H2,1-2H3. The molecule has 120 valence electrons. The normalized spacial score (nSPS) is 16.5. The zero-order chi connectivity index (χ0) is 16.3. The SMILES string of the molecule is CSC(C)C(=O)N1CCN(C(=O)c2ccc(F)cc2F)CC1. The maximum atomic E-state index is 13.7. The summed E-state index contributed by atoms with van der Waals surface area (Å²) >= 11 is 1.48. The molecular weight excluding hydrogens is 310 g/mol. The number of nitrogens with zero attached hydrogens (tertiary/aromatic N) is 2. The molecule has 1 aliphatic heterocycles. The van der Waals surface area contributed by atoms with E-state index in [0.29, 0.717) is 32.2 Å². The van der Waals surface area contributed by atoms with Crippen LogP contribution in [0.2, 0.25) is 0 Å². The fourth-order valence-corrected chi connectivity index (χ4v) is 2.67. The van der Waals surface area contributed by atoms with Gasteiger partial charge in [0.05, 0.1) is 10.8 Å². The molecule has 4 nitrogen and oxygen atoms in total. The molecule has 0 spiro atoms. The van der Waals surface area contributed by atoms with E-state index in [4.69, 9.17) is 0 Å².